The number of benzene rings is 3. The molecule has 8 nitrogen and oxygen atoms in total. The summed E-state index contributed by atoms with van der Waals surface area (Å²) in [5.41, 5.74) is 1.76. The average molecular weight is 528 g/mol. The maximum absolute atomic E-state index is 12.9. The molecule has 190 valence electrons. The molecule has 10 heteroatoms. The maximum Gasteiger partial charge on any atom is 0.261 e. The molecule has 0 bridgehead atoms. The lowest BCUT2D eigenvalue weighted by molar-refractivity contribution is 0.0958. The molecule has 0 saturated heterocycles. The molecule has 3 aromatic rings. The molecule has 3 rings (SSSR count). The van der Waals surface area contributed by atoms with Gasteiger partial charge < -0.3 is 14.8 Å². The quantitative estimate of drug-likeness (QED) is 0.287. The standard InChI is InChI=1S/C26H29N3O5S2/c1-3-33-17-18-34-24-12-8-7-11-23(24)25(30)28-26(35)27-21-13-15-22(16-14-21)36(31,32)29(2)19-20-9-5-4-6-10-20/h4-16H,3,17-19H2,1-2H3,(H2,27,28,30,35). The minimum atomic E-state index is -3.67. The summed E-state index contributed by atoms with van der Waals surface area (Å²) in [6.45, 7) is 3.47. The lowest BCUT2D eigenvalue weighted by atomic mass is 10.2. The van der Waals surface area contributed by atoms with Crippen LogP contribution in [0.4, 0.5) is 5.69 Å². The van der Waals surface area contributed by atoms with Crippen LogP contribution >= 0.6 is 12.2 Å². The van der Waals surface area contributed by atoms with Crippen LogP contribution in [-0.4, -0.2) is 50.6 Å². The van der Waals surface area contributed by atoms with Gasteiger partial charge >= 0.3 is 0 Å². The smallest absolute Gasteiger partial charge is 0.261 e. The van der Waals surface area contributed by atoms with Crippen LogP contribution < -0.4 is 15.4 Å². The number of thiocarbonyl (C=S) groups is 1. The van der Waals surface area contributed by atoms with Crippen molar-refractivity contribution in [2.45, 2.75) is 18.4 Å². The Morgan fingerprint density at radius 3 is 2.31 bits per heavy atom. The highest BCUT2D eigenvalue weighted by atomic mass is 32.2. The van der Waals surface area contributed by atoms with Gasteiger partial charge in [-0.2, -0.15) is 4.31 Å². The van der Waals surface area contributed by atoms with Gasteiger partial charge in [0.25, 0.3) is 5.91 Å². The van der Waals surface area contributed by atoms with Crippen LogP contribution in [0.25, 0.3) is 0 Å². The summed E-state index contributed by atoms with van der Waals surface area (Å²) in [5, 5.41) is 5.59. The molecule has 0 aliphatic rings. The number of carbonyl (C=O) groups is 1. The number of rotatable bonds is 11. The molecular formula is C26H29N3O5S2. The lowest BCUT2D eigenvalue weighted by Crippen LogP contribution is -2.34. The molecule has 0 atom stereocenters. The van der Waals surface area contributed by atoms with E-state index in [0.29, 0.717) is 36.8 Å². The maximum atomic E-state index is 12.9. The summed E-state index contributed by atoms with van der Waals surface area (Å²) in [4.78, 5) is 12.9. The van der Waals surface area contributed by atoms with E-state index < -0.39 is 15.9 Å². The van der Waals surface area contributed by atoms with Gasteiger partial charge in [0.2, 0.25) is 10.0 Å². The van der Waals surface area contributed by atoms with E-state index in [-0.39, 0.29) is 16.6 Å². The molecule has 0 fully saturated rings. The second kappa shape index (κ2) is 13.1. The molecular weight excluding hydrogens is 498 g/mol. The summed E-state index contributed by atoms with van der Waals surface area (Å²) in [5.74, 6) is -0.00655. The molecule has 0 aliphatic carbocycles. The summed E-state index contributed by atoms with van der Waals surface area (Å²) in [6.07, 6.45) is 0. The van der Waals surface area contributed by atoms with E-state index in [1.165, 1.54) is 23.5 Å². The van der Waals surface area contributed by atoms with Crippen LogP contribution in [-0.2, 0) is 21.3 Å². The van der Waals surface area contributed by atoms with E-state index in [1.54, 1.807) is 36.4 Å². The Morgan fingerprint density at radius 1 is 0.944 bits per heavy atom. The highest BCUT2D eigenvalue weighted by Crippen LogP contribution is 2.20. The van der Waals surface area contributed by atoms with Crippen molar-refractivity contribution in [3.63, 3.8) is 0 Å². The van der Waals surface area contributed by atoms with Gasteiger partial charge in [0.15, 0.2) is 5.11 Å². The summed E-state index contributed by atoms with van der Waals surface area (Å²) >= 11 is 5.27. The molecule has 0 unspecified atom stereocenters. The topological polar surface area (TPSA) is 97.0 Å². The second-order valence-corrected chi connectivity index (χ2v) is 10.2. The Balaban J connectivity index is 1.59. The van der Waals surface area contributed by atoms with Gasteiger partial charge in [-0.1, -0.05) is 42.5 Å². The zero-order valence-electron chi connectivity index (χ0n) is 20.1. The van der Waals surface area contributed by atoms with E-state index in [9.17, 15) is 13.2 Å². The number of carbonyl (C=O) groups excluding carboxylic acids is 1. The van der Waals surface area contributed by atoms with Crippen LogP contribution in [0.1, 0.15) is 22.8 Å². The van der Waals surface area contributed by atoms with Crippen LogP contribution in [0, 0.1) is 0 Å². The molecule has 36 heavy (non-hydrogen) atoms. The SMILES string of the molecule is CCOCCOc1ccccc1C(=O)NC(=S)Nc1ccc(S(=O)(=O)N(C)Cc2ccccc2)cc1. The first-order chi connectivity index (χ1) is 17.3. The number of hydrogen-bond donors (Lipinski definition) is 2. The van der Waals surface area contributed by atoms with Gasteiger partial charge in [0, 0.05) is 25.9 Å². The van der Waals surface area contributed by atoms with Crippen LogP contribution in [0.3, 0.4) is 0 Å². The van der Waals surface area contributed by atoms with E-state index in [4.69, 9.17) is 21.7 Å². The van der Waals surface area contributed by atoms with Gasteiger partial charge in [-0.3, -0.25) is 10.1 Å². The lowest BCUT2D eigenvalue weighted by Gasteiger charge is -2.18. The second-order valence-electron chi connectivity index (χ2n) is 7.72. The first kappa shape index (κ1) is 27.3. The molecule has 0 radical (unpaired) electrons. The third-order valence-corrected chi connectivity index (χ3v) is 7.14. The van der Waals surface area contributed by atoms with Crippen molar-refractivity contribution in [2.24, 2.45) is 0 Å². The number of nitrogens with one attached hydrogen (secondary N) is 2. The number of amides is 1. The molecule has 0 aromatic heterocycles. The Bertz CT molecular complexity index is 1270. The van der Waals surface area contributed by atoms with Crippen LogP contribution in [0.15, 0.2) is 83.8 Å². The molecule has 1 amide bonds. The van der Waals surface area contributed by atoms with Crippen LogP contribution in [0.2, 0.25) is 0 Å². The first-order valence-electron chi connectivity index (χ1n) is 11.3. The predicted molar refractivity (Wildman–Crippen MR) is 144 cm³/mol. The van der Waals surface area contributed by atoms with Gasteiger partial charge in [0.05, 0.1) is 17.1 Å². The molecule has 0 heterocycles. The first-order valence-corrected chi connectivity index (χ1v) is 13.2. The third-order valence-electron chi connectivity index (χ3n) is 5.12. The number of para-hydroxylation sites is 1. The Labute approximate surface area is 217 Å². The highest BCUT2D eigenvalue weighted by molar-refractivity contribution is 7.89. The fourth-order valence-corrected chi connectivity index (χ4v) is 4.65. The van der Waals surface area contributed by atoms with E-state index in [2.05, 4.69) is 10.6 Å². The van der Waals surface area contributed by atoms with Gasteiger partial charge in [-0.05, 0) is 61.1 Å². The fraction of sp³-hybridized carbons (Fsp3) is 0.231. The van der Waals surface area contributed by atoms with Crippen molar-refractivity contribution in [3.8, 4) is 5.75 Å². The monoisotopic (exact) mass is 527 g/mol. The van der Waals surface area contributed by atoms with Gasteiger partial charge in [-0.15, -0.1) is 0 Å². The molecule has 0 spiro atoms. The number of sulfonamides is 1. The molecule has 3 aromatic carbocycles. The normalized spacial score (nSPS) is 11.2. The van der Waals surface area contributed by atoms with Crippen molar-refractivity contribution in [1.29, 1.82) is 0 Å². The Kier molecular flexibility index (Phi) is 9.95. The average Bonchev–Trinajstić information content (AvgIpc) is 2.87. The molecule has 2 N–H and O–H groups in total. The van der Waals surface area contributed by atoms with Crippen LogP contribution in [0.5, 0.6) is 5.75 Å². The predicted octanol–water partition coefficient (Wildman–Crippen LogP) is 4.05. The van der Waals surface area contributed by atoms with Gasteiger partial charge in [0.1, 0.15) is 12.4 Å². The van der Waals surface area contributed by atoms with E-state index in [0.717, 1.165) is 5.56 Å². The summed E-state index contributed by atoms with van der Waals surface area (Å²) in [7, 11) is -2.13. The Hall–Kier alpha value is -3.31. The van der Waals surface area contributed by atoms with Crippen molar-refractivity contribution in [2.75, 3.05) is 32.2 Å². The third kappa shape index (κ3) is 7.59. The van der Waals surface area contributed by atoms with Crippen molar-refractivity contribution in [3.05, 3.63) is 90.0 Å². The Morgan fingerprint density at radius 2 is 1.61 bits per heavy atom. The minimum absolute atomic E-state index is 0.0703. The van der Waals surface area contributed by atoms with Crippen molar-refractivity contribution < 1.29 is 22.7 Å². The zero-order chi connectivity index (χ0) is 26.0. The van der Waals surface area contributed by atoms with Gasteiger partial charge in [-0.25, -0.2) is 8.42 Å². The fourth-order valence-electron chi connectivity index (χ4n) is 3.28. The van der Waals surface area contributed by atoms with E-state index >= 15 is 0 Å². The number of ether oxygens (including phenoxy) is 2. The molecule has 0 aliphatic heterocycles. The van der Waals surface area contributed by atoms with Crippen molar-refractivity contribution >= 4 is 38.9 Å². The van der Waals surface area contributed by atoms with E-state index in [1.807, 2.05) is 37.3 Å². The minimum Gasteiger partial charge on any atom is -0.490 e. The number of hydrogen-bond acceptors (Lipinski definition) is 6. The largest absolute Gasteiger partial charge is 0.490 e. The highest BCUT2D eigenvalue weighted by Gasteiger charge is 2.21. The summed E-state index contributed by atoms with van der Waals surface area (Å²) < 4.78 is 38.0. The van der Waals surface area contributed by atoms with Crippen molar-refractivity contribution in [1.82, 2.24) is 9.62 Å². The number of nitrogens with zero attached hydrogens (tertiary/aromatic N) is 1. The summed E-state index contributed by atoms with van der Waals surface area (Å²) in [6, 6.07) is 22.4. The zero-order valence-corrected chi connectivity index (χ0v) is 21.8. The number of anilines is 1. The molecule has 0 saturated carbocycles.